The number of hydrogen-bond donors (Lipinski definition) is 1. The van der Waals surface area contributed by atoms with Gasteiger partial charge in [0.15, 0.2) is 5.03 Å². The van der Waals surface area contributed by atoms with Crippen molar-refractivity contribution in [1.29, 1.82) is 0 Å². The van der Waals surface area contributed by atoms with Gasteiger partial charge in [0.25, 0.3) is 10.0 Å². The molecule has 2 unspecified atom stereocenters. The van der Waals surface area contributed by atoms with E-state index in [1.165, 1.54) is 29.0 Å². The van der Waals surface area contributed by atoms with E-state index in [1.807, 2.05) is 0 Å². The maximum atomic E-state index is 13.3. The Morgan fingerprint density at radius 1 is 1.30 bits per heavy atom. The van der Waals surface area contributed by atoms with E-state index in [1.54, 1.807) is 30.9 Å². The van der Waals surface area contributed by atoms with E-state index in [2.05, 4.69) is 10.3 Å². The van der Waals surface area contributed by atoms with Crippen molar-refractivity contribution < 1.29 is 17.5 Å². The normalized spacial score (nSPS) is 21.0. The maximum absolute atomic E-state index is 13.3. The fourth-order valence-electron chi connectivity index (χ4n) is 3.44. The van der Waals surface area contributed by atoms with Crippen molar-refractivity contribution >= 4 is 10.0 Å². The Morgan fingerprint density at radius 3 is 2.67 bits per heavy atom. The van der Waals surface area contributed by atoms with Crippen LogP contribution in [0, 0.1) is 11.7 Å². The number of imidazole rings is 1. The van der Waals surface area contributed by atoms with Crippen molar-refractivity contribution in [2.75, 3.05) is 39.9 Å². The summed E-state index contributed by atoms with van der Waals surface area (Å²) in [6.07, 6.45) is 2.98. The molecular weight excluding hydrogens is 371 g/mol. The van der Waals surface area contributed by atoms with Crippen LogP contribution in [0.2, 0.25) is 0 Å². The summed E-state index contributed by atoms with van der Waals surface area (Å²) in [7, 11) is -0.286. The third kappa shape index (κ3) is 4.55. The third-order valence-electron chi connectivity index (χ3n) is 4.88. The van der Waals surface area contributed by atoms with Crippen LogP contribution in [0.4, 0.5) is 4.39 Å². The van der Waals surface area contributed by atoms with Crippen molar-refractivity contribution in [3.8, 4) is 0 Å². The number of methoxy groups -OCH3 is 1. The minimum absolute atomic E-state index is 0.0147. The standard InChI is InChI=1S/C18H25FN4O3S/c1-22-12-18(21-13-22)27(24,25)23-10-15(9-20-7-8-26-2)17(11-23)14-3-5-16(19)6-4-14/h3-6,12-13,15,17,20H,7-11H2,1-2H3. The molecule has 148 valence electrons. The number of ether oxygens (including phenoxy) is 1. The van der Waals surface area contributed by atoms with Crippen LogP contribution in [0.3, 0.4) is 0 Å². The Labute approximate surface area is 159 Å². The second-order valence-electron chi connectivity index (χ2n) is 6.81. The highest BCUT2D eigenvalue weighted by Gasteiger charge is 2.40. The third-order valence-corrected chi connectivity index (χ3v) is 6.60. The molecule has 0 spiro atoms. The number of rotatable bonds is 8. The minimum Gasteiger partial charge on any atom is -0.383 e. The molecule has 7 nitrogen and oxygen atoms in total. The Kier molecular flexibility index (Phi) is 6.25. The summed E-state index contributed by atoms with van der Waals surface area (Å²) in [5, 5.41) is 3.37. The smallest absolute Gasteiger partial charge is 0.262 e. The molecule has 0 saturated carbocycles. The Bertz CT molecular complexity index is 854. The molecule has 27 heavy (non-hydrogen) atoms. The predicted molar refractivity (Wildman–Crippen MR) is 99.3 cm³/mol. The van der Waals surface area contributed by atoms with Crippen molar-refractivity contribution in [1.82, 2.24) is 19.2 Å². The monoisotopic (exact) mass is 396 g/mol. The molecule has 2 aromatic rings. The van der Waals surface area contributed by atoms with Gasteiger partial charge in [-0.15, -0.1) is 0 Å². The number of sulfonamides is 1. The van der Waals surface area contributed by atoms with Gasteiger partial charge in [-0.1, -0.05) is 12.1 Å². The molecule has 1 saturated heterocycles. The molecule has 1 aromatic carbocycles. The summed E-state index contributed by atoms with van der Waals surface area (Å²) >= 11 is 0. The molecule has 9 heteroatoms. The van der Waals surface area contributed by atoms with Gasteiger partial charge in [0.05, 0.1) is 12.9 Å². The van der Waals surface area contributed by atoms with Crippen molar-refractivity contribution in [2.45, 2.75) is 10.9 Å². The molecular formula is C18H25FN4O3S. The molecule has 1 N–H and O–H groups in total. The molecule has 1 aromatic heterocycles. The van der Waals surface area contributed by atoms with Gasteiger partial charge in [-0.25, -0.2) is 17.8 Å². The Balaban J connectivity index is 1.80. The topological polar surface area (TPSA) is 76.5 Å². The number of benzene rings is 1. The van der Waals surface area contributed by atoms with Crippen LogP contribution in [0.15, 0.2) is 41.8 Å². The summed E-state index contributed by atoms with van der Waals surface area (Å²) in [6.45, 7) is 2.67. The lowest BCUT2D eigenvalue weighted by atomic mass is 9.89. The van der Waals surface area contributed by atoms with Crippen LogP contribution in [0.1, 0.15) is 11.5 Å². The lowest BCUT2D eigenvalue weighted by molar-refractivity contribution is 0.197. The van der Waals surface area contributed by atoms with Gasteiger partial charge in [-0.2, -0.15) is 4.31 Å². The van der Waals surface area contributed by atoms with Crippen molar-refractivity contribution in [2.24, 2.45) is 13.0 Å². The summed E-state index contributed by atoms with van der Waals surface area (Å²) in [4.78, 5) is 4.00. The first-order valence-electron chi connectivity index (χ1n) is 8.85. The molecule has 0 radical (unpaired) electrons. The zero-order valence-corrected chi connectivity index (χ0v) is 16.3. The second kappa shape index (κ2) is 8.47. The first kappa shape index (κ1) is 19.9. The lowest BCUT2D eigenvalue weighted by Gasteiger charge is -2.19. The van der Waals surface area contributed by atoms with Crippen molar-refractivity contribution in [3.05, 3.63) is 48.2 Å². The number of nitrogens with one attached hydrogen (secondary N) is 1. The van der Waals surface area contributed by atoms with E-state index in [9.17, 15) is 12.8 Å². The van der Waals surface area contributed by atoms with Gasteiger partial charge in [0.1, 0.15) is 5.82 Å². The number of aryl methyl sites for hydroxylation is 1. The van der Waals surface area contributed by atoms with Crippen molar-refractivity contribution in [3.63, 3.8) is 0 Å². The number of nitrogens with zero attached hydrogens (tertiary/aromatic N) is 3. The van der Waals surface area contributed by atoms with E-state index in [-0.39, 0.29) is 22.7 Å². The van der Waals surface area contributed by atoms with Gasteiger partial charge >= 0.3 is 0 Å². The zero-order chi connectivity index (χ0) is 19.4. The van der Waals surface area contributed by atoms with Crippen LogP contribution in [0.25, 0.3) is 0 Å². The fraction of sp³-hybridized carbons (Fsp3) is 0.500. The highest BCUT2D eigenvalue weighted by atomic mass is 32.2. The molecule has 0 bridgehead atoms. The van der Waals surface area contributed by atoms with Crippen LogP contribution in [0.5, 0.6) is 0 Å². The Hall–Kier alpha value is -1.81. The van der Waals surface area contributed by atoms with Crippen LogP contribution in [-0.2, 0) is 21.8 Å². The average molecular weight is 396 g/mol. The van der Waals surface area contributed by atoms with E-state index < -0.39 is 10.0 Å². The van der Waals surface area contributed by atoms with Gasteiger partial charge in [-0.3, -0.25) is 0 Å². The molecule has 2 heterocycles. The number of hydrogen-bond acceptors (Lipinski definition) is 5. The number of aromatic nitrogens is 2. The molecule has 1 fully saturated rings. The summed E-state index contributed by atoms with van der Waals surface area (Å²) in [5.74, 6) is -0.241. The largest absolute Gasteiger partial charge is 0.383 e. The summed E-state index contributed by atoms with van der Waals surface area (Å²) in [5.41, 5.74) is 0.939. The summed E-state index contributed by atoms with van der Waals surface area (Å²) in [6, 6.07) is 6.30. The quantitative estimate of drug-likeness (QED) is 0.679. The zero-order valence-electron chi connectivity index (χ0n) is 15.5. The minimum atomic E-state index is -3.66. The fourth-order valence-corrected chi connectivity index (χ4v) is 4.93. The van der Waals surface area contributed by atoms with Crippen LogP contribution in [-0.4, -0.2) is 62.2 Å². The van der Waals surface area contributed by atoms with E-state index in [0.29, 0.717) is 32.8 Å². The predicted octanol–water partition coefficient (Wildman–Crippen LogP) is 1.20. The van der Waals surface area contributed by atoms with Crippen LogP contribution < -0.4 is 5.32 Å². The second-order valence-corrected chi connectivity index (χ2v) is 8.70. The first-order chi connectivity index (χ1) is 12.9. The average Bonchev–Trinajstić information content (AvgIpc) is 3.27. The van der Waals surface area contributed by atoms with Gasteiger partial charge < -0.3 is 14.6 Å². The van der Waals surface area contributed by atoms with E-state index >= 15 is 0 Å². The summed E-state index contributed by atoms with van der Waals surface area (Å²) < 4.78 is 47.3. The van der Waals surface area contributed by atoms with E-state index in [4.69, 9.17) is 4.74 Å². The molecule has 1 aliphatic rings. The highest BCUT2D eigenvalue weighted by molar-refractivity contribution is 7.89. The maximum Gasteiger partial charge on any atom is 0.262 e. The van der Waals surface area contributed by atoms with Gasteiger partial charge in [0.2, 0.25) is 0 Å². The molecule has 0 aliphatic carbocycles. The number of halogens is 1. The molecule has 0 amide bonds. The first-order valence-corrected chi connectivity index (χ1v) is 10.3. The van der Waals surface area contributed by atoms with E-state index in [0.717, 1.165) is 5.56 Å². The lowest BCUT2D eigenvalue weighted by Crippen LogP contribution is -2.32. The molecule has 2 atom stereocenters. The van der Waals surface area contributed by atoms with Crippen LogP contribution >= 0.6 is 0 Å². The van der Waals surface area contributed by atoms with Gasteiger partial charge in [0, 0.05) is 45.9 Å². The SMILES string of the molecule is COCCNCC1CN(S(=O)(=O)c2cn(C)cn2)CC1c1ccc(F)cc1. The molecule has 3 rings (SSSR count). The highest BCUT2D eigenvalue weighted by Crippen LogP contribution is 2.35. The molecule has 1 aliphatic heterocycles. The Morgan fingerprint density at radius 2 is 2.04 bits per heavy atom. The van der Waals surface area contributed by atoms with Gasteiger partial charge in [-0.05, 0) is 30.2 Å².